The molecule has 0 aliphatic rings. The minimum absolute atomic E-state index is 0.0101. The van der Waals surface area contributed by atoms with Gasteiger partial charge in [0.1, 0.15) is 23.9 Å². The summed E-state index contributed by atoms with van der Waals surface area (Å²) in [6.07, 6.45) is -0.621. The third-order valence-electron chi connectivity index (χ3n) is 4.88. The molecular weight excluding hydrogens is 464 g/mol. The quantitative estimate of drug-likeness (QED) is 0.146. The molecule has 0 saturated heterocycles. The lowest BCUT2D eigenvalue weighted by molar-refractivity contribution is -0.147. The molecule has 35 heavy (non-hydrogen) atoms. The van der Waals surface area contributed by atoms with E-state index in [1.165, 1.54) is 24.3 Å². The normalized spacial score (nSPS) is 14.3. The Morgan fingerprint density at radius 3 is 1.86 bits per heavy atom. The van der Waals surface area contributed by atoms with E-state index in [0.29, 0.717) is 12.0 Å². The minimum atomic E-state index is -1.78. The number of nitrogens with one attached hydrogen (secondary N) is 3. The lowest BCUT2D eigenvalue weighted by Crippen LogP contribution is -2.58. The number of hydrogen-bond acceptors (Lipinski definition) is 8. The van der Waals surface area contributed by atoms with Crippen LogP contribution in [0.2, 0.25) is 0 Å². The topological polar surface area (TPSA) is 228 Å². The Bertz CT molecular complexity index is 905. The van der Waals surface area contributed by atoms with E-state index in [4.69, 9.17) is 15.9 Å². The van der Waals surface area contributed by atoms with Crippen LogP contribution in [-0.2, 0) is 30.4 Å². The molecule has 0 radical (unpaired) electrons. The highest BCUT2D eigenvalue weighted by molar-refractivity contribution is 5.94. The number of aliphatic hydroxyl groups excluding tert-OH is 1. The first kappa shape index (κ1) is 29.3. The van der Waals surface area contributed by atoms with Crippen molar-refractivity contribution in [3.63, 3.8) is 0 Å². The van der Waals surface area contributed by atoms with Crippen molar-refractivity contribution < 1.29 is 44.4 Å². The third kappa shape index (κ3) is 10.4. The van der Waals surface area contributed by atoms with Gasteiger partial charge in [0.05, 0.1) is 19.1 Å². The van der Waals surface area contributed by atoms with Crippen molar-refractivity contribution in [1.82, 2.24) is 16.0 Å². The fraction of sp³-hybridized carbons (Fsp3) is 0.500. The predicted molar refractivity (Wildman–Crippen MR) is 122 cm³/mol. The molecule has 0 bridgehead atoms. The van der Waals surface area contributed by atoms with Gasteiger partial charge in [0.2, 0.25) is 17.7 Å². The Labute approximate surface area is 201 Å². The van der Waals surface area contributed by atoms with E-state index < -0.39 is 66.9 Å². The molecule has 9 N–H and O–H groups in total. The van der Waals surface area contributed by atoms with Gasteiger partial charge in [-0.3, -0.25) is 19.2 Å². The van der Waals surface area contributed by atoms with Gasteiger partial charge < -0.3 is 42.1 Å². The number of hydrogen-bond donors (Lipinski definition) is 8. The second-order valence-corrected chi connectivity index (χ2v) is 8.41. The van der Waals surface area contributed by atoms with E-state index in [9.17, 15) is 34.2 Å². The molecule has 0 heterocycles. The molecule has 1 aromatic rings. The molecule has 0 aliphatic carbocycles. The highest BCUT2D eigenvalue weighted by atomic mass is 16.4. The number of amides is 3. The number of rotatable bonds is 14. The van der Waals surface area contributed by atoms with Crippen molar-refractivity contribution in [2.24, 2.45) is 11.7 Å². The van der Waals surface area contributed by atoms with Gasteiger partial charge in [-0.05, 0) is 30.0 Å². The highest BCUT2D eigenvalue weighted by Crippen LogP contribution is 2.12. The second-order valence-electron chi connectivity index (χ2n) is 8.41. The van der Waals surface area contributed by atoms with Crippen LogP contribution >= 0.6 is 0 Å². The van der Waals surface area contributed by atoms with E-state index in [1.807, 2.05) is 19.2 Å². The molecule has 3 amide bonds. The standard InChI is InChI=1S/C22H32N4O9/c1-11(2)7-14(23)19(31)24-15(8-12-3-5-13(28)6-4-12)20(32)26-17(10-27)21(33)25-16(22(34)35)9-18(29)30/h3-6,11,14-17,27-28H,7-10,23H2,1-2H3,(H,24,31)(H,25,33)(H,26,32)(H,29,30)(H,34,35). The second kappa shape index (κ2) is 13.9. The van der Waals surface area contributed by atoms with Gasteiger partial charge in [0.15, 0.2) is 0 Å². The zero-order valence-electron chi connectivity index (χ0n) is 19.4. The number of aliphatic carboxylic acids is 2. The van der Waals surface area contributed by atoms with Crippen molar-refractivity contribution in [2.75, 3.05) is 6.61 Å². The largest absolute Gasteiger partial charge is 0.508 e. The average molecular weight is 497 g/mol. The smallest absolute Gasteiger partial charge is 0.326 e. The van der Waals surface area contributed by atoms with Crippen LogP contribution in [0.25, 0.3) is 0 Å². The molecule has 0 spiro atoms. The predicted octanol–water partition coefficient (Wildman–Crippen LogP) is -1.69. The molecule has 13 nitrogen and oxygen atoms in total. The van der Waals surface area contributed by atoms with Crippen LogP contribution in [0.3, 0.4) is 0 Å². The molecule has 0 aromatic heterocycles. The molecule has 1 rings (SSSR count). The molecule has 194 valence electrons. The summed E-state index contributed by atoms with van der Waals surface area (Å²) in [6.45, 7) is 2.81. The maximum absolute atomic E-state index is 12.9. The Kier molecular flexibility index (Phi) is 11.6. The van der Waals surface area contributed by atoms with Gasteiger partial charge in [-0.15, -0.1) is 0 Å². The summed E-state index contributed by atoms with van der Waals surface area (Å²) < 4.78 is 0. The van der Waals surface area contributed by atoms with Gasteiger partial charge in [-0.2, -0.15) is 0 Å². The van der Waals surface area contributed by atoms with Gasteiger partial charge in [-0.25, -0.2) is 4.79 Å². The van der Waals surface area contributed by atoms with E-state index in [1.54, 1.807) is 0 Å². The average Bonchev–Trinajstić information content (AvgIpc) is 2.76. The molecular formula is C22H32N4O9. The number of carboxylic acid groups (broad SMARTS) is 2. The maximum Gasteiger partial charge on any atom is 0.326 e. The maximum atomic E-state index is 12.9. The van der Waals surface area contributed by atoms with Crippen molar-refractivity contribution in [1.29, 1.82) is 0 Å². The number of aliphatic hydroxyl groups is 1. The summed E-state index contributed by atoms with van der Waals surface area (Å²) in [4.78, 5) is 59.9. The van der Waals surface area contributed by atoms with Gasteiger partial charge in [0, 0.05) is 6.42 Å². The van der Waals surface area contributed by atoms with Crippen molar-refractivity contribution in [3.05, 3.63) is 29.8 Å². The van der Waals surface area contributed by atoms with Gasteiger partial charge in [0.25, 0.3) is 0 Å². The molecule has 0 fully saturated rings. The van der Waals surface area contributed by atoms with E-state index in [-0.39, 0.29) is 18.1 Å². The Morgan fingerprint density at radius 1 is 0.857 bits per heavy atom. The summed E-state index contributed by atoms with van der Waals surface area (Å²) in [5.74, 6) is -5.60. The van der Waals surface area contributed by atoms with Gasteiger partial charge in [-0.1, -0.05) is 26.0 Å². The SMILES string of the molecule is CC(C)CC(N)C(=O)NC(Cc1ccc(O)cc1)C(=O)NC(CO)C(=O)NC(CC(=O)O)C(=O)O. The lowest BCUT2D eigenvalue weighted by Gasteiger charge is -2.24. The lowest BCUT2D eigenvalue weighted by atomic mass is 10.0. The van der Waals surface area contributed by atoms with Gasteiger partial charge >= 0.3 is 11.9 Å². The highest BCUT2D eigenvalue weighted by Gasteiger charge is 2.31. The molecule has 0 aliphatic heterocycles. The van der Waals surface area contributed by atoms with Crippen LogP contribution in [0.1, 0.15) is 32.3 Å². The summed E-state index contributed by atoms with van der Waals surface area (Å²) in [5, 5.41) is 43.6. The summed E-state index contributed by atoms with van der Waals surface area (Å²) in [6, 6.07) is 0.264. The Balaban J connectivity index is 3.02. The number of phenolic OH excluding ortho intramolecular Hbond substituents is 1. The molecule has 4 unspecified atom stereocenters. The van der Waals surface area contributed by atoms with Crippen LogP contribution in [0.15, 0.2) is 24.3 Å². The van der Waals surface area contributed by atoms with Crippen molar-refractivity contribution >= 4 is 29.7 Å². The zero-order chi connectivity index (χ0) is 26.7. The van der Waals surface area contributed by atoms with Crippen LogP contribution in [-0.4, -0.2) is 80.9 Å². The fourth-order valence-corrected chi connectivity index (χ4v) is 3.08. The molecule has 1 aromatic carbocycles. The number of benzene rings is 1. The Hall–Kier alpha value is -3.71. The summed E-state index contributed by atoms with van der Waals surface area (Å²) in [5.41, 5.74) is 6.45. The van der Waals surface area contributed by atoms with E-state index in [0.717, 1.165) is 0 Å². The first-order chi connectivity index (χ1) is 16.3. The number of carbonyl (C=O) groups excluding carboxylic acids is 3. The fourth-order valence-electron chi connectivity index (χ4n) is 3.08. The van der Waals surface area contributed by atoms with E-state index in [2.05, 4.69) is 10.6 Å². The number of nitrogens with two attached hydrogens (primary N) is 1. The Morgan fingerprint density at radius 2 is 1.37 bits per heavy atom. The summed E-state index contributed by atoms with van der Waals surface area (Å²) in [7, 11) is 0. The van der Waals surface area contributed by atoms with Crippen LogP contribution in [0.4, 0.5) is 0 Å². The number of carboxylic acids is 2. The summed E-state index contributed by atoms with van der Waals surface area (Å²) >= 11 is 0. The molecule has 4 atom stereocenters. The number of phenols is 1. The monoisotopic (exact) mass is 496 g/mol. The third-order valence-corrected chi connectivity index (χ3v) is 4.88. The first-order valence-corrected chi connectivity index (χ1v) is 10.8. The zero-order valence-corrected chi connectivity index (χ0v) is 19.4. The van der Waals surface area contributed by atoms with Crippen LogP contribution < -0.4 is 21.7 Å². The van der Waals surface area contributed by atoms with Crippen LogP contribution in [0, 0.1) is 5.92 Å². The number of aromatic hydroxyl groups is 1. The minimum Gasteiger partial charge on any atom is -0.508 e. The van der Waals surface area contributed by atoms with Crippen LogP contribution in [0.5, 0.6) is 5.75 Å². The van der Waals surface area contributed by atoms with Crippen molar-refractivity contribution in [3.8, 4) is 5.75 Å². The molecule has 0 saturated carbocycles. The van der Waals surface area contributed by atoms with Crippen molar-refractivity contribution in [2.45, 2.75) is 57.3 Å². The number of carbonyl (C=O) groups is 5. The molecule has 13 heteroatoms. The first-order valence-electron chi connectivity index (χ1n) is 10.8. The van der Waals surface area contributed by atoms with E-state index >= 15 is 0 Å².